The van der Waals surface area contributed by atoms with Gasteiger partial charge < -0.3 is 10.0 Å². The summed E-state index contributed by atoms with van der Waals surface area (Å²) in [6, 6.07) is 6.29. The van der Waals surface area contributed by atoms with Crippen LogP contribution < -0.4 is 0 Å². The third kappa shape index (κ3) is 3.15. The molecule has 1 fully saturated rings. The minimum atomic E-state index is -0.818. The Bertz CT molecular complexity index is 417. The molecule has 0 spiro atoms. The van der Waals surface area contributed by atoms with Gasteiger partial charge in [-0.3, -0.25) is 0 Å². The fourth-order valence-electron chi connectivity index (χ4n) is 3.05. The van der Waals surface area contributed by atoms with Crippen molar-refractivity contribution >= 4 is 0 Å². The molecule has 2 rings (SSSR count). The monoisotopic (exact) mass is 265 g/mol. The Morgan fingerprint density at radius 2 is 2.00 bits per heavy atom. The van der Waals surface area contributed by atoms with Gasteiger partial charge in [0, 0.05) is 25.6 Å². The lowest BCUT2D eigenvalue weighted by Gasteiger charge is -2.44. The molecule has 106 valence electrons. The zero-order valence-electron chi connectivity index (χ0n) is 12.1. The molecule has 2 atom stereocenters. The lowest BCUT2D eigenvalue weighted by atomic mass is 9.77. The first-order valence-electron chi connectivity index (χ1n) is 7.12. The van der Waals surface area contributed by atoms with E-state index in [1.54, 1.807) is 12.1 Å². The molecule has 1 aliphatic rings. The first kappa shape index (κ1) is 14.5. The minimum Gasteiger partial charge on any atom is -0.385 e. The molecule has 0 saturated carbocycles. The highest BCUT2D eigenvalue weighted by Gasteiger charge is 2.40. The van der Waals surface area contributed by atoms with Gasteiger partial charge in [-0.25, -0.2) is 4.39 Å². The largest absolute Gasteiger partial charge is 0.385 e. The first-order valence-corrected chi connectivity index (χ1v) is 7.12. The van der Waals surface area contributed by atoms with E-state index in [2.05, 4.69) is 25.7 Å². The van der Waals surface area contributed by atoms with Gasteiger partial charge >= 0.3 is 0 Å². The van der Waals surface area contributed by atoms with E-state index >= 15 is 0 Å². The number of halogens is 1. The molecule has 1 N–H and O–H groups in total. The van der Waals surface area contributed by atoms with Crippen LogP contribution in [-0.4, -0.2) is 29.6 Å². The number of piperidine rings is 1. The summed E-state index contributed by atoms with van der Waals surface area (Å²) in [5.74, 6) is 0.548. The zero-order valence-corrected chi connectivity index (χ0v) is 12.1. The average Bonchev–Trinajstić information content (AvgIpc) is 2.34. The standard InChI is InChI=1S/C16H24FNO/c1-12(2)10-18-9-8-16(19,13(3)11-18)14-4-6-15(17)7-5-14/h4-7,12-13,19H,8-11H2,1-3H3. The highest BCUT2D eigenvalue weighted by atomic mass is 19.1. The molecule has 2 unspecified atom stereocenters. The summed E-state index contributed by atoms with van der Waals surface area (Å²) < 4.78 is 13.0. The topological polar surface area (TPSA) is 23.5 Å². The van der Waals surface area contributed by atoms with Gasteiger partial charge in [-0.2, -0.15) is 0 Å². The maximum Gasteiger partial charge on any atom is 0.123 e. The average molecular weight is 265 g/mol. The molecule has 1 aromatic carbocycles. The van der Waals surface area contributed by atoms with Crippen molar-refractivity contribution in [3.05, 3.63) is 35.6 Å². The summed E-state index contributed by atoms with van der Waals surface area (Å²) in [7, 11) is 0. The summed E-state index contributed by atoms with van der Waals surface area (Å²) in [4.78, 5) is 2.41. The summed E-state index contributed by atoms with van der Waals surface area (Å²) in [5, 5.41) is 10.9. The lowest BCUT2D eigenvalue weighted by Crippen LogP contribution is -2.49. The van der Waals surface area contributed by atoms with Crippen molar-refractivity contribution in [1.29, 1.82) is 0 Å². The Hall–Kier alpha value is -0.930. The van der Waals surface area contributed by atoms with Gasteiger partial charge in [-0.1, -0.05) is 32.9 Å². The van der Waals surface area contributed by atoms with Crippen LogP contribution in [0, 0.1) is 17.7 Å². The minimum absolute atomic E-state index is 0.158. The third-order valence-corrected chi connectivity index (χ3v) is 4.12. The van der Waals surface area contributed by atoms with Crippen molar-refractivity contribution in [2.24, 2.45) is 11.8 Å². The SMILES string of the molecule is CC(C)CN1CCC(O)(c2ccc(F)cc2)C(C)C1. The Balaban J connectivity index is 2.11. The molecule has 19 heavy (non-hydrogen) atoms. The molecular formula is C16H24FNO. The van der Waals surface area contributed by atoms with Crippen molar-refractivity contribution in [2.75, 3.05) is 19.6 Å². The maximum atomic E-state index is 13.0. The summed E-state index contributed by atoms with van der Waals surface area (Å²) in [6.07, 6.45) is 0.715. The van der Waals surface area contributed by atoms with Crippen LogP contribution in [0.5, 0.6) is 0 Å². The van der Waals surface area contributed by atoms with E-state index < -0.39 is 5.60 Å². The second-order valence-corrected chi connectivity index (χ2v) is 6.24. The van der Waals surface area contributed by atoms with Crippen LogP contribution in [0.25, 0.3) is 0 Å². The van der Waals surface area contributed by atoms with E-state index in [4.69, 9.17) is 0 Å². The summed E-state index contributed by atoms with van der Waals surface area (Å²) in [5.41, 5.74) is 0.0202. The number of rotatable bonds is 3. The number of benzene rings is 1. The van der Waals surface area contributed by atoms with Gasteiger partial charge in [0.15, 0.2) is 0 Å². The number of nitrogens with zero attached hydrogens (tertiary/aromatic N) is 1. The van der Waals surface area contributed by atoms with Gasteiger partial charge in [0.2, 0.25) is 0 Å². The van der Waals surface area contributed by atoms with Gasteiger partial charge in [-0.05, 0) is 30.0 Å². The van der Waals surface area contributed by atoms with E-state index in [1.165, 1.54) is 12.1 Å². The molecule has 0 aromatic heterocycles. The molecule has 3 heteroatoms. The first-order chi connectivity index (χ1) is 8.91. The van der Waals surface area contributed by atoms with Crippen LogP contribution in [0.2, 0.25) is 0 Å². The fourth-order valence-corrected chi connectivity index (χ4v) is 3.05. The lowest BCUT2D eigenvalue weighted by molar-refractivity contribution is -0.0728. The Morgan fingerprint density at radius 3 is 2.53 bits per heavy atom. The molecule has 1 heterocycles. The number of hydrogen-bond acceptors (Lipinski definition) is 2. The van der Waals surface area contributed by atoms with E-state index in [9.17, 15) is 9.50 Å². The van der Waals surface area contributed by atoms with Gasteiger partial charge in [-0.15, -0.1) is 0 Å². The van der Waals surface area contributed by atoms with Gasteiger partial charge in [0.1, 0.15) is 5.82 Å². The van der Waals surface area contributed by atoms with Crippen molar-refractivity contribution in [3.63, 3.8) is 0 Å². The predicted octanol–water partition coefficient (Wildman–Crippen LogP) is 3.01. The van der Waals surface area contributed by atoms with Crippen LogP contribution in [0.4, 0.5) is 4.39 Å². The number of aliphatic hydroxyl groups is 1. The maximum absolute atomic E-state index is 13.0. The zero-order chi connectivity index (χ0) is 14.0. The van der Waals surface area contributed by atoms with Crippen molar-refractivity contribution < 1.29 is 9.50 Å². The quantitative estimate of drug-likeness (QED) is 0.908. The number of likely N-dealkylation sites (tertiary alicyclic amines) is 1. The van der Waals surface area contributed by atoms with Crippen LogP contribution in [0.3, 0.4) is 0 Å². The highest BCUT2D eigenvalue weighted by Crippen LogP contribution is 2.37. The van der Waals surface area contributed by atoms with E-state index in [0.29, 0.717) is 12.3 Å². The molecule has 0 aliphatic carbocycles. The highest BCUT2D eigenvalue weighted by molar-refractivity contribution is 5.24. The Morgan fingerprint density at radius 1 is 1.37 bits per heavy atom. The van der Waals surface area contributed by atoms with Crippen LogP contribution in [0.15, 0.2) is 24.3 Å². The summed E-state index contributed by atoms with van der Waals surface area (Å²) in [6.45, 7) is 9.37. The second-order valence-electron chi connectivity index (χ2n) is 6.24. The Kier molecular flexibility index (Phi) is 4.26. The molecule has 1 aromatic rings. The fraction of sp³-hybridized carbons (Fsp3) is 0.625. The molecule has 0 amide bonds. The molecule has 1 aliphatic heterocycles. The van der Waals surface area contributed by atoms with E-state index in [1.807, 2.05) is 0 Å². The normalized spacial score (nSPS) is 28.8. The molecule has 0 radical (unpaired) electrons. The molecule has 2 nitrogen and oxygen atoms in total. The van der Waals surface area contributed by atoms with Crippen molar-refractivity contribution in [2.45, 2.75) is 32.8 Å². The molecule has 1 saturated heterocycles. The second kappa shape index (κ2) is 5.59. The van der Waals surface area contributed by atoms with Crippen LogP contribution in [-0.2, 0) is 5.60 Å². The van der Waals surface area contributed by atoms with Crippen molar-refractivity contribution in [3.8, 4) is 0 Å². The Labute approximate surface area is 115 Å². The summed E-state index contributed by atoms with van der Waals surface area (Å²) >= 11 is 0. The van der Waals surface area contributed by atoms with Gasteiger partial charge in [0.05, 0.1) is 5.60 Å². The van der Waals surface area contributed by atoms with Crippen molar-refractivity contribution in [1.82, 2.24) is 4.90 Å². The predicted molar refractivity (Wildman–Crippen MR) is 75.4 cm³/mol. The third-order valence-electron chi connectivity index (χ3n) is 4.12. The molecule has 0 bridgehead atoms. The van der Waals surface area contributed by atoms with E-state index in [-0.39, 0.29) is 11.7 Å². The van der Waals surface area contributed by atoms with Crippen LogP contribution >= 0.6 is 0 Å². The van der Waals surface area contributed by atoms with Crippen LogP contribution in [0.1, 0.15) is 32.8 Å². The molecular weight excluding hydrogens is 241 g/mol. The van der Waals surface area contributed by atoms with Gasteiger partial charge in [0.25, 0.3) is 0 Å². The van der Waals surface area contributed by atoms with E-state index in [0.717, 1.165) is 25.2 Å². The number of hydrogen-bond donors (Lipinski definition) is 1. The smallest absolute Gasteiger partial charge is 0.123 e.